The number of methoxy groups -OCH3 is 1. The Morgan fingerprint density at radius 1 is 0.791 bits per heavy atom. The van der Waals surface area contributed by atoms with E-state index in [9.17, 15) is 9.59 Å². The van der Waals surface area contributed by atoms with E-state index in [2.05, 4.69) is 47.8 Å². The predicted molar refractivity (Wildman–Crippen MR) is 170 cm³/mol. The molecule has 0 amide bonds. The summed E-state index contributed by atoms with van der Waals surface area (Å²) >= 11 is 0. The number of hydrogen-bond acceptors (Lipinski definition) is 5. The van der Waals surface area contributed by atoms with Gasteiger partial charge in [-0.3, -0.25) is 4.79 Å². The normalized spacial score (nSPS) is 17.6. The summed E-state index contributed by atoms with van der Waals surface area (Å²) in [6.45, 7) is 1.97. The van der Waals surface area contributed by atoms with Crippen LogP contribution in [0, 0.1) is 6.92 Å². The Labute approximate surface area is 250 Å². The first-order valence-corrected chi connectivity index (χ1v) is 14.6. The molecular formula is C38H31NO4. The third-order valence-electron chi connectivity index (χ3n) is 8.61. The number of nitrogens with one attached hydrogen (secondary N) is 1. The molecular weight excluding hydrogens is 534 g/mol. The minimum Gasteiger partial charge on any atom is -0.493 e. The minimum atomic E-state index is -0.456. The number of ether oxygens (including phenoxy) is 2. The fourth-order valence-electron chi connectivity index (χ4n) is 6.45. The maximum Gasteiger partial charge on any atom is 0.343 e. The number of rotatable bonds is 5. The molecule has 0 saturated heterocycles. The lowest BCUT2D eigenvalue weighted by Gasteiger charge is -2.37. The van der Waals surface area contributed by atoms with Crippen LogP contribution in [0.1, 0.15) is 57.4 Å². The van der Waals surface area contributed by atoms with Crippen molar-refractivity contribution in [2.75, 3.05) is 12.4 Å². The second kappa shape index (κ2) is 10.9. The number of allylic oxidation sites excluding steroid dienone is 1. The molecule has 43 heavy (non-hydrogen) atoms. The molecule has 1 heterocycles. The zero-order chi connectivity index (χ0) is 29.5. The fraction of sp³-hybridized carbons (Fsp3) is 0.158. The molecule has 2 atom stereocenters. The molecule has 0 unspecified atom stereocenters. The maximum absolute atomic E-state index is 14.1. The van der Waals surface area contributed by atoms with Crippen molar-refractivity contribution in [3.63, 3.8) is 0 Å². The molecule has 5 heteroatoms. The standard InChI is InChI=1S/C38H31NO4/c1-23-12-14-26(15-13-23)38(41)43-33-19-17-27(22-34(33)42-2)37-36-30(20-28(21-32(36)40)24-8-4-3-5-9-24)35-29-11-7-6-10-25(29)16-18-31(35)39-37/h3-19,22,28,37,39H,20-21H2,1-2H3/t28-,37+/m1/s1. The number of carbonyl (C=O) groups excluding carboxylic acids is 2. The molecule has 7 rings (SSSR count). The van der Waals surface area contributed by atoms with Crippen molar-refractivity contribution in [2.24, 2.45) is 0 Å². The molecule has 0 aromatic heterocycles. The van der Waals surface area contributed by atoms with Gasteiger partial charge < -0.3 is 14.8 Å². The Bertz CT molecular complexity index is 1910. The van der Waals surface area contributed by atoms with Crippen LogP contribution in [-0.4, -0.2) is 18.9 Å². The summed E-state index contributed by atoms with van der Waals surface area (Å²) in [7, 11) is 1.55. The summed E-state index contributed by atoms with van der Waals surface area (Å²) in [5, 5.41) is 5.97. The number of esters is 1. The molecule has 0 spiro atoms. The maximum atomic E-state index is 14.1. The summed E-state index contributed by atoms with van der Waals surface area (Å²) < 4.78 is 11.4. The molecule has 212 valence electrons. The van der Waals surface area contributed by atoms with E-state index in [1.165, 1.54) is 5.56 Å². The summed E-state index contributed by atoms with van der Waals surface area (Å²) in [4.78, 5) is 27.0. The minimum absolute atomic E-state index is 0.108. The van der Waals surface area contributed by atoms with Gasteiger partial charge in [-0.1, -0.05) is 84.4 Å². The highest BCUT2D eigenvalue weighted by atomic mass is 16.6. The van der Waals surface area contributed by atoms with Crippen LogP contribution in [0.4, 0.5) is 5.69 Å². The molecule has 0 fully saturated rings. The molecule has 0 saturated carbocycles. The van der Waals surface area contributed by atoms with Crippen LogP contribution < -0.4 is 14.8 Å². The second-order valence-corrected chi connectivity index (χ2v) is 11.3. The predicted octanol–water partition coefficient (Wildman–Crippen LogP) is 8.44. The lowest BCUT2D eigenvalue weighted by atomic mass is 9.71. The highest BCUT2D eigenvalue weighted by molar-refractivity contribution is 6.13. The number of fused-ring (bicyclic) bond motifs is 4. The third kappa shape index (κ3) is 4.87. The Hall–Kier alpha value is -5.16. The molecule has 5 aromatic carbocycles. The number of ketones is 1. The first-order chi connectivity index (χ1) is 21.0. The Morgan fingerprint density at radius 2 is 1.56 bits per heavy atom. The van der Waals surface area contributed by atoms with Crippen LogP contribution in [0.25, 0.3) is 16.3 Å². The fourth-order valence-corrected chi connectivity index (χ4v) is 6.45. The summed E-state index contributed by atoms with van der Waals surface area (Å²) in [6.07, 6.45) is 1.22. The van der Waals surface area contributed by atoms with Gasteiger partial charge in [-0.2, -0.15) is 0 Å². The first-order valence-electron chi connectivity index (χ1n) is 14.6. The number of hydrogen-bond donors (Lipinski definition) is 1. The monoisotopic (exact) mass is 565 g/mol. The van der Waals surface area contributed by atoms with Gasteiger partial charge in [-0.15, -0.1) is 0 Å². The average Bonchev–Trinajstić information content (AvgIpc) is 3.04. The summed E-state index contributed by atoms with van der Waals surface area (Å²) in [5.41, 5.74) is 7.56. The van der Waals surface area contributed by atoms with Crippen molar-refractivity contribution in [1.29, 1.82) is 0 Å². The lowest BCUT2D eigenvalue weighted by Crippen LogP contribution is -2.29. The van der Waals surface area contributed by atoms with Crippen molar-refractivity contribution < 1.29 is 19.1 Å². The lowest BCUT2D eigenvalue weighted by molar-refractivity contribution is -0.116. The number of Topliss-reactive ketones (excluding diaryl/α,β-unsaturated/α-hetero) is 1. The van der Waals surface area contributed by atoms with E-state index in [4.69, 9.17) is 9.47 Å². The van der Waals surface area contributed by atoms with Gasteiger partial charge in [-0.25, -0.2) is 4.79 Å². The molecule has 1 aliphatic heterocycles. The zero-order valence-corrected chi connectivity index (χ0v) is 24.1. The van der Waals surface area contributed by atoms with Crippen molar-refractivity contribution in [3.05, 3.63) is 143 Å². The Balaban J connectivity index is 1.31. The topological polar surface area (TPSA) is 64.6 Å². The molecule has 2 aliphatic rings. The van der Waals surface area contributed by atoms with E-state index in [0.717, 1.165) is 50.7 Å². The Kier molecular flexibility index (Phi) is 6.78. The van der Waals surface area contributed by atoms with Crippen molar-refractivity contribution in [3.8, 4) is 11.5 Å². The van der Waals surface area contributed by atoms with Gasteiger partial charge >= 0.3 is 5.97 Å². The number of benzene rings is 5. The molecule has 5 nitrogen and oxygen atoms in total. The first kappa shape index (κ1) is 26.7. The van der Waals surface area contributed by atoms with Crippen molar-refractivity contribution >= 4 is 33.8 Å². The molecule has 1 N–H and O–H groups in total. The molecule has 1 aliphatic carbocycles. The van der Waals surface area contributed by atoms with Gasteiger partial charge in [0.05, 0.1) is 18.7 Å². The molecule has 5 aromatic rings. The summed E-state index contributed by atoms with van der Waals surface area (Å²) in [5.74, 6) is 0.544. The van der Waals surface area contributed by atoms with Gasteiger partial charge in [0.15, 0.2) is 17.3 Å². The van der Waals surface area contributed by atoms with Crippen LogP contribution in [0.3, 0.4) is 0 Å². The van der Waals surface area contributed by atoms with Crippen LogP contribution in [0.15, 0.2) is 115 Å². The number of anilines is 1. The third-order valence-corrected chi connectivity index (χ3v) is 8.61. The van der Waals surface area contributed by atoms with E-state index in [1.807, 2.05) is 55.5 Å². The van der Waals surface area contributed by atoms with Gasteiger partial charge in [0.2, 0.25) is 0 Å². The van der Waals surface area contributed by atoms with Crippen LogP contribution >= 0.6 is 0 Å². The zero-order valence-electron chi connectivity index (χ0n) is 24.1. The SMILES string of the molecule is COc1cc([C@@H]2Nc3ccc4ccccc4c3C3=C2C(=O)C[C@H](c2ccccc2)C3)ccc1OC(=O)c1ccc(C)cc1. The van der Waals surface area contributed by atoms with Crippen molar-refractivity contribution in [2.45, 2.75) is 31.7 Å². The number of carbonyl (C=O) groups is 2. The smallest absolute Gasteiger partial charge is 0.343 e. The average molecular weight is 566 g/mol. The van der Waals surface area contributed by atoms with Gasteiger partial charge in [0, 0.05) is 23.2 Å². The quantitative estimate of drug-likeness (QED) is 0.171. The van der Waals surface area contributed by atoms with Gasteiger partial charge in [0.25, 0.3) is 0 Å². The highest BCUT2D eigenvalue weighted by Gasteiger charge is 2.38. The van der Waals surface area contributed by atoms with Crippen LogP contribution in [0.2, 0.25) is 0 Å². The van der Waals surface area contributed by atoms with Crippen LogP contribution in [0.5, 0.6) is 11.5 Å². The van der Waals surface area contributed by atoms with E-state index >= 15 is 0 Å². The largest absolute Gasteiger partial charge is 0.493 e. The molecule has 0 radical (unpaired) electrons. The van der Waals surface area contributed by atoms with Crippen molar-refractivity contribution in [1.82, 2.24) is 0 Å². The van der Waals surface area contributed by atoms with Crippen LogP contribution in [-0.2, 0) is 4.79 Å². The summed E-state index contributed by atoms with van der Waals surface area (Å²) in [6, 6.07) is 35.3. The van der Waals surface area contributed by atoms with E-state index in [1.54, 1.807) is 25.3 Å². The highest BCUT2D eigenvalue weighted by Crippen LogP contribution is 2.51. The second-order valence-electron chi connectivity index (χ2n) is 11.3. The van der Waals surface area contributed by atoms with Gasteiger partial charge in [0.1, 0.15) is 0 Å². The number of aryl methyl sites for hydroxylation is 1. The Morgan fingerprint density at radius 3 is 2.35 bits per heavy atom. The van der Waals surface area contributed by atoms with E-state index in [0.29, 0.717) is 23.5 Å². The van der Waals surface area contributed by atoms with E-state index < -0.39 is 5.97 Å². The van der Waals surface area contributed by atoms with Gasteiger partial charge in [-0.05, 0) is 77.1 Å². The van der Waals surface area contributed by atoms with E-state index in [-0.39, 0.29) is 17.7 Å². The molecule has 0 bridgehead atoms.